The average Bonchev–Trinajstić information content (AvgIpc) is 2.42. The number of anilines is 1. The number of pyridine rings is 1. The van der Waals surface area contributed by atoms with Crippen LogP contribution in [0.3, 0.4) is 0 Å². The van der Waals surface area contributed by atoms with E-state index in [0.717, 1.165) is 0 Å². The van der Waals surface area contributed by atoms with Crippen LogP contribution in [0.15, 0.2) is 12.3 Å². The molecule has 2 aromatic rings. The maximum Gasteiger partial charge on any atom is 0.418 e. The lowest BCUT2D eigenvalue weighted by Crippen LogP contribution is -2.12. The van der Waals surface area contributed by atoms with Crippen LogP contribution in [-0.2, 0) is 6.18 Å². The Labute approximate surface area is 117 Å². The van der Waals surface area contributed by atoms with Crippen LogP contribution in [0.4, 0.5) is 40.9 Å². The Kier molecular flexibility index (Phi) is 3.71. The lowest BCUT2D eigenvalue weighted by Gasteiger charge is -2.15. The van der Waals surface area contributed by atoms with Gasteiger partial charge in [-0.1, -0.05) is 0 Å². The summed E-state index contributed by atoms with van der Waals surface area (Å²) in [5.74, 6) is -12.6. The predicted octanol–water partition coefficient (Wildman–Crippen LogP) is 4.05. The van der Waals surface area contributed by atoms with Crippen molar-refractivity contribution in [2.45, 2.75) is 6.18 Å². The Hall–Kier alpha value is -2.39. The van der Waals surface area contributed by atoms with Gasteiger partial charge in [0, 0.05) is 11.8 Å². The molecule has 2 nitrogen and oxygen atoms in total. The second-order valence-electron chi connectivity index (χ2n) is 4.10. The zero-order valence-corrected chi connectivity index (χ0v) is 10.2. The van der Waals surface area contributed by atoms with Crippen molar-refractivity contribution in [2.75, 3.05) is 5.73 Å². The fourth-order valence-corrected chi connectivity index (χ4v) is 1.75. The van der Waals surface area contributed by atoms with Crippen LogP contribution in [0.1, 0.15) is 5.56 Å². The molecule has 0 aliphatic heterocycles. The molecule has 1 aromatic carbocycles. The summed E-state index contributed by atoms with van der Waals surface area (Å²) < 4.78 is 105. The first-order valence-corrected chi connectivity index (χ1v) is 5.40. The Morgan fingerprint density at radius 1 is 0.818 bits per heavy atom. The Morgan fingerprint density at radius 3 is 1.73 bits per heavy atom. The number of alkyl halides is 3. The van der Waals surface area contributed by atoms with Crippen molar-refractivity contribution >= 4 is 5.82 Å². The number of benzene rings is 1. The lowest BCUT2D eigenvalue weighted by molar-refractivity contribution is -0.137. The molecule has 0 unspecified atom stereocenters. The van der Waals surface area contributed by atoms with E-state index >= 15 is 0 Å². The summed E-state index contributed by atoms with van der Waals surface area (Å²) in [6.07, 6.45) is -5.00. The van der Waals surface area contributed by atoms with Gasteiger partial charge in [0.2, 0.25) is 5.82 Å². The van der Waals surface area contributed by atoms with Gasteiger partial charge in [-0.3, -0.25) is 0 Å². The quantitative estimate of drug-likeness (QED) is 0.487. The molecule has 0 aliphatic carbocycles. The van der Waals surface area contributed by atoms with Crippen molar-refractivity contribution in [1.29, 1.82) is 0 Å². The molecule has 0 radical (unpaired) electrons. The molecule has 2 rings (SSSR count). The highest BCUT2D eigenvalue weighted by atomic mass is 19.4. The molecular weight excluding hydrogens is 324 g/mol. The largest absolute Gasteiger partial charge is 0.418 e. The molecule has 118 valence electrons. The minimum Gasteiger partial charge on any atom is -0.384 e. The molecule has 0 saturated carbocycles. The standard InChI is InChI=1S/C12H4F8N2/c13-7-6(8(14)10(16)11(17)9(7)15)3-1-5(21)22-2-4(3)12(18,19)20/h1-2H,(H2,21,22). The van der Waals surface area contributed by atoms with E-state index < -0.39 is 57.8 Å². The van der Waals surface area contributed by atoms with E-state index in [0.29, 0.717) is 6.07 Å². The van der Waals surface area contributed by atoms with Crippen molar-refractivity contribution in [3.63, 3.8) is 0 Å². The maximum atomic E-state index is 13.6. The third-order valence-corrected chi connectivity index (χ3v) is 2.71. The topological polar surface area (TPSA) is 38.9 Å². The summed E-state index contributed by atoms with van der Waals surface area (Å²) in [7, 11) is 0. The van der Waals surface area contributed by atoms with Gasteiger partial charge in [-0.05, 0) is 6.07 Å². The average molecular weight is 328 g/mol. The molecule has 0 spiro atoms. The van der Waals surface area contributed by atoms with Gasteiger partial charge in [0.25, 0.3) is 0 Å². The molecule has 10 heteroatoms. The van der Waals surface area contributed by atoms with E-state index in [4.69, 9.17) is 5.73 Å². The molecule has 0 atom stereocenters. The first-order chi connectivity index (χ1) is 10.1. The highest BCUT2D eigenvalue weighted by Gasteiger charge is 2.37. The Bertz CT molecular complexity index is 725. The number of nitrogens with zero attached hydrogens (tertiary/aromatic N) is 1. The SMILES string of the molecule is Nc1cc(-c2c(F)c(F)c(F)c(F)c2F)c(C(F)(F)F)cn1. The van der Waals surface area contributed by atoms with Crippen molar-refractivity contribution in [1.82, 2.24) is 4.98 Å². The molecule has 0 fully saturated rings. The summed E-state index contributed by atoms with van der Waals surface area (Å²) >= 11 is 0. The number of halogens is 8. The third kappa shape index (κ3) is 2.44. The van der Waals surface area contributed by atoms with Crippen molar-refractivity contribution in [3.05, 3.63) is 46.9 Å². The van der Waals surface area contributed by atoms with E-state index in [2.05, 4.69) is 4.98 Å². The normalized spacial score (nSPS) is 11.8. The zero-order valence-electron chi connectivity index (χ0n) is 10.2. The zero-order chi connectivity index (χ0) is 16.8. The van der Waals surface area contributed by atoms with Gasteiger partial charge >= 0.3 is 6.18 Å². The van der Waals surface area contributed by atoms with Gasteiger partial charge in [-0.2, -0.15) is 13.2 Å². The van der Waals surface area contributed by atoms with E-state index in [1.54, 1.807) is 0 Å². The molecule has 1 aromatic heterocycles. The molecule has 2 N–H and O–H groups in total. The van der Waals surface area contributed by atoms with Crippen molar-refractivity contribution in [3.8, 4) is 11.1 Å². The second-order valence-corrected chi connectivity index (χ2v) is 4.10. The van der Waals surface area contributed by atoms with Crippen molar-refractivity contribution in [2.24, 2.45) is 0 Å². The van der Waals surface area contributed by atoms with Gasteiger partial charge in [0.05, 0.1) is 11.1 Å². The maximum absolute atomic E-state index is 13.6. The highest BCUT2D eigenvalue weighted by Crippen LogP contribution is 2.40. The second kappa shape index (κ2) is 5.11. The number of rotatable bonds is 1. The molecule has 1 heterocycles. The number of hydrogen-bond donors (Lipinski definition) is 1. The molecule has 0 bridgehead atoms. The van der Waals surface area contributed by atoms with Gasteiger partial charge in [0.1, 0.15) is 5.82 Å². The van der Waals surface area contributed by atoms with E-state index in [1.165, 1.54) is 0 Å². The molecule has 22 heavy (non-hydrogen) atoms. The summed E-state index contributed by atoms with van der Waals surface area (Å²) in [6, 6.07) is 0.376. The number of aromatic nitrogens is 1. The van der Waals surface area contributed by atoms with Crippen molar-refractivity contribution < 1.29 is 35.1 Å². The summed E-state index contributed by atoms with van der Waals surface area (Å²) in [5, 5.41) is 0. The lowest BCUT2D eigenvalue weighted by atomic mass is 9.99. The van der Waals surface area contributed by atoms with Crippen LogP contribution in [0.2, 0.25) is 0 Å². The van der Waals surface area contributed by atoms with Crippen LogP contribution in [0.5, 0.6) is 0 Å². The van der Waals surface area contributed by atoms with Crippen LogP contribution < -0.4 is 5.73 Å². The monoisotopic (exact) mass is 328 g/mol. The van der Waals surface area contributed by atoms with Gasteiger partial charge in [0.15, 0.2) is 23.3 Å². The predicted molar refractivity (Wildman–Crippen MR) is 58.9 cm³/mol. The molecule has 0 saturated heterocycles. The number of nitrogens with two attached hydrogens (primary N) is 1. The van der Waals surface area contributed by atoms with Crippen LogP contribution in [0.25, 0.3) is 11.1 Å². The van der Waals surface area contributed by atoms with E-state index in [9.17, 15) is 35.1 Å². The molecular formula is C12H4F8N2. The number of hydrogen-bond acceptors (Lipinski definition) is 2. The van der Waals surface area contributed by atoms with Crippen LogP contribution in [0, 0.1) is 29.1 Å². The Morgan fingerprint density at radius 2 is 1.27 bits per heavy atom. The fraction of sp³-hybridized carbons (Fsp3) is 0.0833. The molecule has 0 aliphatic rings. The minimum atomic E-state index is -5.14. The minimum absolute atomic E-state index is 0.142. The first-order valence-electron chi connectivity index (χ1n) is 5.40. The van der Waals surface area contributed by atoms with E-state index in [1.807, 2.05) is 0 Å². The fourth-order valence-electron chi connectivity index (χ4n) is 1.75. The van der Waals surface area contributed by atoms with E-state index in [-0.39, 0.29) is 6.20 Å². The van der Waals surface area contributed by atoms with Crippen LogP contribution in [-0.4, -0.2) is 4.98 Å². The molecule has 0 amide bonds. The first kappa shape index (κ1) is 16.0. The smallest absolute Gasteiger partial charge is 0.384 e. The van der Waals surface area contributed by atoms with Gasteiger partial charge in [-0.25, -0.2) is 26.9 Å². The Balaban J connectivity index is 2.92. The number of nitrogen functional groups attached to an aromatic ring is 1. The summed E-state index contributed by atoms with van der Waals surface area (Å²) in [4.78, 5) is 3.10. The summed E-state index contributed by atoms with van der Waals surface area (Å²) in [5.41, 5.74) is 0.417. The summed E-state index contributed by atoms with van der Waals surface area (Å²) in [6.45, 7) is 0. The highest BCUT2D eigenvalue weighted by molar-refractivity contribution is 5.71. The van der Waals surface area contributed by atoms with Gasteiger partial charge < -0.3 is 5.73 Å². The third-order valence-electron chi connectivity index (χ3n) is 2.71. The van der Waals surface area contributed by atoms with Crippen LogP contribution >= 0.6 is 0 Å². The van der Waals surface area contributed by atoms with Gasteiger partial charge in [-0.15, -0.1) is 0 Å².